The van der Waals surface area contributed by atoms with Gasteiger partial charge in [-0.3, -0.25) is 4.98 Å². The zero-order valence-corrected chi connectivity index (χ0v) is 13.3. The first-order valence-corrected chi connectivity index (χ1v) is 8.03. The summed E-state index contributed by atoms with van der Waals surface area (Å²) in [6.45, 7) is 1.76. The van der Waals surface area contributed by atoms with Crippen LogP contribution >= 0.6 is 0 Å². The molecular weight excluding hydrogens is 307 g/mol. The van der Waals surface area contributed by atoms with Gasteiger partial charge in [-0.25, -0.2) is 12.8 Å². The number of halogens is 1. The molecule has 0 aliphatic carbocycles. The minimum atomic E-state index is -3.82. The van der Waals surface area contributed by atoms with Gasteiger partial charge in [0.25, 0.3) is 0 Å². The molecule has 0 unspecified atom stereocenters. The molecule has 118 valence electrons. The SMILES string of the molecule is COc1ccc([C@H](C)N(C)S(=O)(=O)c2cncc(F)c2)cc1. The molecule has 5 nitrogen and oxygen atoms in total. The number of benzene rings is 1. The van der Waals surface area contributed by atoms with E-state index in [4.69, 9.17) is 4.74 Å². The lowest BCUT2D eigenvalue weighted by Gasteiger charge is -2.24. The second-order valence-corrected chi connectivity index (χ2v) is 6.81. The lowest BCUT2D eigenvalue weighted by molar-refractivity contribution is 0.395. The topological polar surface area (TPSA) is 59.5 Å². The van der Waals surface area contributed by atoms with Gasteiger partial charge in [-0.1, -0.05) is 12.1 Å². The van der Waals surface area contributed by atoms with Crippen LogP contribution in [0.15, 0.2) is 47.6 Å². The number of nitrogens with zero attached hydrogens (tertiary/aromatic N) is 2. The Morgan fingerprint density at radius 2 is 1.86 bits per heavy atom. The van der Waals surface area contributed by atoms with E-state index in [1.54, 1.807) is 38.3 Å². The summed E-state index contributed by atoms with van der Waals surface area (Å²) in [7, 11) is -0.810. The summed E-state index contributed by atoms with van der Waals surface area (Å²) in [4.78, 5) is 3.42. The number of aromatic nitrogens is 1. The fourth-order valence-electron chi connectivity index (χ4n) is 2.00. The van der Waals surface area contributed by atoms with E-state index < -0.39 is 21.9 Å². The van der Waals surface area contributed by atoms with Gasteiger partial charge in [-0.05, 0) is 30.7 Å². The highest BCUT2D eigenvalue weighted by molar-refractivity contribution is 7.89. The molecule has 0 saturated heterocycles. The number of methoxy groups -OCH3 is 1. The number of rotatable bonds is 5. The van der Waals surface area contributed by atoms with Gasteiger partial charge in [0.15, 0.2) is 0 Å². The molecule has 2 aromatic rings. The maximum atomic E-state index is 13.2. The van der Waals surface area contributed by atoms with Gasteiger partial charge >= 0.3 is 0 Å². The molecule has 0 amide bonds. The van der Waals surface area contributed by atoms with Gasteiger partial charge in [0.2, 0.25) is 10.0 Å². The predicted molar refractivity (Wildman–Crippen MR) is 80.6 cm³/mol. The third-order valence-corrected chi connectivity index (χ3v) is 5.39. The molecule has 0 saturated carbocycles. The fraction of sp³-hybridized carbons (Fsp3) is 0.267. The Kier molecular flexibility index (Phi) is 4.77. The van der Waals surface area contributed by atoms with Crippen LogP contribution in [0, 0.1) is 5.82 Å². The van der Waals surface area contributed by atoms with Gasteiger partial charge in [0.1, 0.15) is 16.5 Å². The van der Waals surface area contributed by atoms with E-state index in [9.17, 15) is 12.8 Å². The zero-order valence-electron chi connectivity index (χ0n) is 12.5. The minimum Gasteiger partial charge on any atom is -0.497 e. The molecule has 0 fully saturated rings. The van der Waals surface area contributed by atoms with Crippen molar-refractivity contribution in [2.45, 2.75) is 17.9 Å². The van der Waals surface area contributed by atoms with Crippen LogP contribution in [0.4, 0.5) is 4.39 Å². The average Bonchev–Trinajstić information content (AvgIpc) is 2.53. The highest BCUT2D eigenvalue weighted by Crippen LogP contribution is 2.26. The first-order valence-electron chi connectivity index (χ1n) is 6.59. The van der Waals surface area contributed by atoms with Crippen molar-refractivity contribution >= 4 is 10.0 Å². The van der Waals surface area contributed by atoms with Gasteiger partial charge in [0.05, 0.1) is 13.3 Å². The van der Waals surface area contributed by atoms with Gasteiger partial charge in [-0.2, -0.15) is 4.31 Å². The highest BCUT2D eigenvalue weighted by atomic mass is 32.2. The van der Waals surface area contributed by atoms with E-state index in [2.05, 4.69) is 4.98 Å². The summed E-state index contributed by atoms with van der Waals surface area (Å²) in [5.41, 5.74) is 0.802. The number of hydrogen-bond donors (Lipinski definition) is 0. The second-order valence-electron chi connectivity index (χ2n) is 4.81. The Hall–Kier alpha value is -1.99. The quantitative estimate of drug-likeness (QED) is 0.848. The summed E-state index contributed by atoms with van der Waals surface area (Å²) in [6.07, 6.45) is 2.10. The summed E-state index contributed by atoms with van der Waals surface area (Å²) in [6, 6.07) is 7.64. The lowest BCUT2D eigenvalue weighted by Crippen LogP contribution is -2.30. The summed E-state index contributed by atoms with van der Waals surface area (Å²) < 4.78 is 44.5. The lowest BCUT2D eigenvalue weighted by atomic mass is 10.1. The summed E-state index contributed by atoms with van der Waals surface area (Å²) in [5.74, 6) is 0.00219. The molecule has 0 N–H and O–H groups in total. The largest absolute Gasteiger partial charge is 0.497 e. The molecule has 1 aromatic carbocycles. The van der Waals surface area contributed by atoms with Gasteiger partial charge < -0.3 is 4.74 Å². The Bertz CT molecular complexity index is 748. The number of ether oxygens (including phenoxy) is 1. The van der Waals surface area contributed by atoms with Crippen LogP contribution in [0.25, 0.3) is 0 Å². The minimum absolute atomic E-state index is 0.171. The molecule has 1 aromatic heterocycles. The van der Waals surface area contributed by atoms with E-state index in [1.165, 1.54) is 11.4 Å². The molecule has 0 radical (unpaired) electrons. The fourth-order valence-corrected chi connectivity index (χ4v) is 3.33. The maximum absolute atomic E-state index is 13.2. The highest BCUT2D eigenvalue weighted by Gasteiger charge is 2.27. The van der Waals surface area contributed by atoms with Crippen molar-refractivity contribution < 1.29 is 17.5 Å². The van der Waals surface area contributed by atoms with Crippen LogP contribution in [0.5, 0.6) is 5.75 Å². The zero-order chi connectivity index (χ0) is 16.3. The van der Waals surface area contributed by atoms with Crippen LogP contribution in [-0.2, 0) is 10.0 Å². The normalized spacial score (nSPS) is 13.1. The third-order valence-electron chi connectivity index (χ3n) is 3.50. The van der Waals surface area contributed by atoms with E-state index in [0.29, 0.717) is 5.75 Å². The smallest absolute Gasteiger partial charge is 0.245 e. The van der Waals surface area contributed by atoms with Gasteiger partial charge in [0, 0.05) is 19.3 Å². The van der Waals surface area contributed by atoms with Crippen molar-refractivity contribution in [1.29, 1.82) is 0 Å². The molecule has 22 heavy (non-hydrogen) atoms. The van der Waals surface area contributed by atoms with Crippen molar-refractivity contribution in [2.24, 2.45) is 0 Å². The van der Waals surface area contributed by atoms with Crippen molar-refractivity contribution in [1.82, 2.24) is 9.29 Å². The third kappa shape index (κ3) is 3.26. The molecule has 1 heterocycles. The molecule has 0 aliphatic heterocycles. The molecule has 0 spiro atoms. The van der Waals surface area contributed by atoms with Crippen LogP contribution in [-0.4, -0.2) is 31.9 Å². The van der Waals surface area contributed by atoms with Crippen molar-refractivity contribution in [2.75, 3.05) is 14.2 Å². The molecular formula is C15H17FN2O3S. The van der Waals surface area contributed by atoms with Crippen LogP contribution < -0.4 is 4.74 Å². The van der Waals surface area contributed by atoms with Crippen molar-refractivity contribution in [3.05, 3.63) is 54.1 Å². The van der Waals surface area contributed by atoms with E-state index >= 15 is 0 Å². The maximum Gasteiger partial charge on any atom is 0.245 e. The van der Waals surface area contributed by atoms with E-state index in [0.717, 1.165) is 24.0 Å². The molecule has 1 atom stereocenters. The number of hydrogen-bond acceptors (Lipinski definition) is 4. The van der Waals surface area contributed by atoms with Gasteiger partial charge in [-0.15, -0.1) is 0 Å². The predicted octanol–water partition coefficient (Wildman–Crippen LogP) is 2.61. The van der Waals surface area contributed by atoms with Crippen LogP contribution in [0.2, 0.25) is 0 Å². The molecule has 0 aliphatic rings. The standard InChI is InChI=1S/C15H17FN2O3S/c1-11(12-4-6-14(21-3)7-5-12)18(2)22(19,20)15-8-13(16)9-17-10-15/h4-11H,1-3H3/t11-/m0/s1. The summed E-state index contributed by atoms with van der Waals surface area (Å²) in [5, 5.41) is 0. The Morgan fingerprint density at radius 3 is 2.41 bits per heavy atom. The Labute approximate surface area is 129 Å². The molecule has 2 rings (SSSR count). The van der Waals surface area contributed by atoms with Crippen molar-refractivity contribution in [3.8, 4) is 5.75 Å². The monoisotopic (exact) mass is 324 g/mol. The first kappa shape index (κ1) is 16.4. The van der Waals surface area contributed by atoms with Crippen molar-refractivity contribution in [3.63, 3.8) is 0 Å². The Morgan fingerprint density at radius 1 is 1.23 bits per heavy atom. The van der Waals surface area contributed by atoms with E-state index in [-0.39, 0.29) is 4.90 Å². The molecule has 0 bridgehead atoms. The number of pyridine rings is 1. The average molecular weight is 324 g/mol. The first-order chi connectivity index (χ1) is 10.4. The second kappa shape index (κ2) is 6.41. The van der Waals surface area contributed by atoms with Crippen LogP contribution in [0.1, 0.15) is 18.5 Å². The number of sulfonamides is 1. The van der Waals surface area contributed by atoms with E-state index in [1.807, 2.05) is 0 Å². The van der Waals surface area contributed by atoms with Crippen LogP contribution in [0.3, 0.4) is 0 Å². The summed E-state index contributed by atoms with van der Waals surface area (Å²) >= 11 is 0. The Balaban J connectivity index is 2.30. The molecule has 7 heteroatoms.